The molecule has 0 unspecified atom stereocenters. The largest absolute Gasteiger partial charge is 0.475 e. The topological polar surface area (TPSA) is 55.6 Å². The molecule has 1 heterocycles. The first-order chi connectivity index (χ1) is 9.72. The van der Waals surface area contributed by atoms with Gasteiger partial charge in [0.1, 0.15) is 5.75 Å². The smallest absolute Gasteiger partial charge is 0.271 e. The number of hydrogen-bond acceptors (Lipinski definition) is 3. The number of carbonyl (C=O) groups excluding carboxylic acids is 1. The standard InChI is InChI=1S/C17H26N2O2/c1-6-17(7-2)15(20)19(11-16(4,5)18)13-9-8-12(3)10-14(13)21-17/h8-10H,6-7,11,18H2,1-5H3. The van der Waals surface area contributed by atoms with Crippen LogP contribution in [0.4, 0.5) is 5.69 Å². The highest BCUT2D eigenvalue weighted by Crippen LogP contribution is 2.41. The molecule has 0 saturated carbocycles. The number of nitrogens with zero attached hydrogens (tertiary/aromatic N) is 1. The Morgan fingerprint density at radius 2 is 1.90 bits per heavy atom. The Morgan fingerprint density at radius 1 is 1.29 bits per heavy atom. The third-order valence-corrected chi connectivity index (χ3v) is 4.05. The van der Waals surface area contributed by atoms with E-state index in [0.29, 0.717) is 19.4 Å². The van der Waals surface area contributed by atoms with Crippen molar-refractivity contribution in [2.45, 2.75) is 58.6 Å². The molecule has 0 aliphatic carbocycles. The molecule has 0 aromatic heterocycles. The van der Waals surface area contributed by atoms with Crippen LogP contribution in [0.25, 0.3) is 0 Å². The molecule has 0 radical (unpaired) electrons. The van der Waals surface area contributed by atoms with Gasteiger partial charge in [-0.05, 0) is 51.3 Å². The van der Waals surface area contributed by atoms with Crippen LogP contribution in [0.15, 0.2) is 18.2 Å². The summed E-state index contributed by atoms with van der Waals surface area (Å²) < 4.78 is 6.12. The molecule has 1 aliphatic heterocycles. The van der Waals surface area contributed by atoms with Crippen LogP contribution in [0, 0.1) is 6.92 Å². The molecule has 0 fully saturated rings. The van der Waals surface area contributed by atoms with Crippen LogP contribution in [0.1, 0.15) is 46.1 Å². The third-order valence-electron chi connectivity index (χ3n) is 4.05. The van der Waals surface area contributed by atoms with Crippen LogP contribution >= 0.6 is 0 Å². The van der Waals surface area contributed by atoms with Gasteiger partial charge in [-0.1, -0.05) is 19.9 Å². The minimum Gasteiger partial charge on any atom is -0.475 e. The van der Waals surface area contributed by atoms with Gasteiger partial charge in [0.05, 0.1) is 5.69 Å². The average Bonchev–Trinajstić information content (AvgIpc) is 2.40. The second-order valence-electron chi connectivity index (χ2n) is 6.65. The SMILES string of the molecule is CCC1(CC)Oc2cc(C)ccc2N(CC(C)(C)N)C1=O. The predicted octanol–water partition coefficient (Wildman–Crippen LogP) is 3.02. The van der Waals surface area contributed by atoms with Crippen molar-refractivity contribution in [1.29, 1.82) is 0 Å². The molecule has 0 bridgehead atoms. The van der Waals surface area contributed by atoms with Crippen molar-refractivity contribution in [3.05, 3.63) is 23.8 Å². The molecule has 2 rings (SSSR count). The normalized spacial score (nSPS) is 17.4. The van der Waals surface area contributed by atoms with Crippen molar-refractivity contribution in [2.75, 3.05) is 11.4 Å². The van der Waals surface area contributed by atoms with E-state index in [1.54, 1.807) is 4.90 Å². The maximum atomic E-state index is 13.0. The molecule has 4 heteroatoms. The number of amides is 1. The van der Waals surface area contributed by atoms with Crippen molar-refractivity contribution in [2.24, 2.45) is 5.73 Å². The van der Waals surface area contributed by atoms with Crippen molar-refractivity contribution in [3.63, 3.8) is 0 Å². The fourth-order valence-electron chi connectivity index (χ4n) is 2.80. The van der Waals surface area contributed by atoms with Crippen molar-refractivity contribution < 1.29 is 9.53 Å². The number of carbonyl (C=O) groups is 1. The van der Waals surface area contributed by atoms with Crippen LogP contribution in [-0.2, 0) is 4.79 Å². The molecule has 4 nitrogen and oxygen atoms in total. The molecular formula is C17H26N2O2. The van der Waals surface area contributed by atoms with Crippen LogP contribution in [0.3, 0.4) is 0 Å². The lowest BCUT2D eigenvalue weighted by Gasteiger charge is -2.43. The van der Waals surface area contributed by atoms with Gasteiger partial charge in [-0.25, -0.2) is 0 Å². The second kappa shape index (κ2) is 5.34. The Labute approximate surface area is 127 Å². The van der Waals surface area contributed by atoms with Gasteiger partial charge in [0.2, 0.25) is 0 Å². The zero-order chi connectivity index (χ0) is 15.8. The van der Waals surface area contributed by atoms with E-state index < -0.39 is 11.1 Å². The number of benzene rings is 1. The van der Waals surface area contributed by atoms with E-state index in [1.807, 2.05) is 52.8 Å². The number of nitrogens with two attached hydrogens (primary N) is 1. The Balaban J connectivity index is 2.54. The molecule has 0 saturated heterocycles. The molecule has 1 amide bonds. The zero-order valence-electron chi connectivity index (χ0n) is 13.7. The van der Waals surface area contributed by atoms with Gasteiger partial charge in [0, 0.05) is 12.1 Å². The van der Waals surface area contributed by atoms with E-state index in [1.165, 1.54) is 0 Å². The van der Waals surface area contributed by atoms with Crippen LogP contribution in [0.5, 0.6) is 5.75 Å². The Bertz CT molecular complexity index is 542. The van der Waals surface area contributed by atoms with Gasteiger partial charge in [0.25, 0.3) is 5.91 Å². The molecule has 1 aromatic carbocycles. The van der Waals surface area contributed by atoms with E-state index in [4.69, 9.17) is 10.5 Å². The van der Waals surface area contributed by atoms with Gasteiger partial charge in [-0.2, -0.15) is 0 Å². The monoisotopic (exact) mass is 290 g/mol. The predicted molar refractivity (Wildman–Crippen MR) is 85.7 cm³/mol. The van der Waals surface area contributed by atoms with Gasteiger partial charge >= 0.3 is 0 Å². The molecular weight excluding hydrogens is 264 g/mol. The lowest BCUT2D eigenvalue weighted by atomic mass is 9.91. The van der Waals surface area contributed by atoms with E-state index in [2.05, 4.69) is 0 Å². The van der Waals surface area contributed by atoms with Crippen molar-refractivity contribution in [1.82, 2.24) is 0 Å². The summed E-state index contributed by atoms with van der Waals surface area (Å²) in [6.07, 6.45) is 1.30. The molecule has 2 N–H and O–H groups in total. The highest BCUT2D eigenvalue weighted by atomic mass is 16.5. The number of aryl methyl sites for hydroxylation is 1. The summed E-state index contributed by atoms with van der Waals surface area (Å²) in [5.41, 5.74) is 6.87. The number of fused-ring (bicyclic) bond motifs is 1. The van der Waals surface area contributed by atoms with Crippen LogP contribution in [0.2, 0.25) is 0 Å². The Hall–Kier alpha value is -1.55. The van der Waals surface area contributed by atoms with E-state index in [-0.39, 0.29) is 5.91 Å². The number of rotatable bonds is 4. The summed E-state index contributed by atoms with van der Waals surface area (Å²) in [7, 11) is 0. The van der Waals surface area contributed by atoms with Crippen LogP contribution < -0.4 is 15.4 Å². The second-order valence-corrected chi connectivity index (χ2v) is 6.65. The van der Waals surface area contributed by atoms with Gasteiger partial charge < -0.3 is 15.4 Å². The Morgan fingerprint density at radius 3 is 2.43 bits per heavy atom. The number of ether oxygens (including phenoxy) is 1. The minimum absolute atomic E-state index is 0.0161. The highest BCUT2D eigenvalue weighted by Gasteiger charge is 2.46. The van der Waals surface area contributed by atoms with Gasteiger partial charge in [0.15, 0.2) is 5.60 Å². The highest BCUT2D eigenvalue weighted by molar-refractivity contribution is 6.03. The first-order valence-electron chi connectivity index (χ1n) is 7.63. The fraction of sp³-hybridized carbons (Fsp3) is 0.588. The summed E-state index contributed by atoms with van der Waals surface area (Å²) in [6, 6.07) is 5.94. The number of hydrogen-bond donors (Lipinski definition) is 1. The third kappa shape index (κ3) is 2.91. The minimum atomic E-state index is -0.772. The summed E-state index contributed by atoms with van der Waals surface area (Å²) in [6.45, 7) is 10.4. The molecule has 1 aromatic rings. The van der Waals surface area contributed by atoms with Gasteiger partial charge in [-0.15, -0.1) is 0 Å². The lowest BCUT2D eigenvalue weighted by Crippen LogP contribution is -2.59. The van der Waals surface area contributed by atoms with Crippen LogP contribution in [-0.4, -0.2) is 23.6 Å². The Kier molecular flexibility index (Phi) is 4.02. The zero-order valence-corrected chi connectivity index (χ0v) is 13.7. The molecule has 116 valence electrons. The maximum Gasteiger partial charge on any atom is 0.271 e. The lowest BCUT2D eigenvalue weighted by molar-refractivity contribution is -0.136. The summed E-state index contributed by atoms with van der Waals surface area (Å²) >= 11 is 0. The average molecular weight is 290 g/mol. The van der Waals surface area contributed by atoms with E-state index in [9.17, 15) is 4.79 Å². The molecule has 1 aliphatic rings. The van der Waals surface area contributed by atoms with Crippen molar-refractivity contribution >= 4 is 11.6 Å². The summed E-state index contributed by atoms with van der Waals surface area (Å²) in [5, 5.41) is 0. The number of anilines is 1. The molecule has 0 atom stereocenters. The van der Waals surface area contributed by atoms with E-state index >= 15 is 0 Å². The van der Waals surface area contributed by atoms with Gasteiger partial charge in [-0.3, -0.25) is 4.79 Å². The maximum absolute atomic E-state index is 13.0. The summed E-state index contributed by atoms with van der Waals surface area (Å²) in [5.74, 6) is 0.796. The molecule has 0 spiro atoms. The quantitative estimate of drug-likeness (QED) is 0.927. The van der Waals surface area contributed by atoms with E-state index in [0.717, 1.165) is 17.0 Å². The molecule has 21 heavy (non-hydrogen) atoms. The summed E-state index contributed by atoms with van der Waals surface area (Å²) in [4.78, 5) is 14.8. The first-order valence-corrected chi connectivity index (χ1v) is 7.63. The fourth-order valence-corrected chi connectivity index (χ4v) is 2.80. The first kappa shape index (κ1) is 15.8. The van der Waals surface area contributed by atoms with Crippen molar-refractivity contribution in [3.8, 4) is 5.75 Å².